The van der Waals surface area contributed by atoms with Crippen molar-refractivity contribution in [2.45, 2.75) is 45.3 Å². The fraction of sp³-hybridized carbons (Fsp3) is 0.750. The number of carbonyl (C=O) groups excluding carboxylic acids is 2. The molecule has 20 heavy (non-hydrogen) atoms. The summed E-state index contributed by atoms with van der Waals surface area (Å²) in [6.07, 6.45) is 0.0250. The summed E-state index contributed by atoms with van der Waals surface area (Å²) < 4.78 is 9.50. The van der Waals surface area contributed by atoms with Gasteiger partial charge in [0.25, 0.3) is 0 Å². The van der Waals surface area contributed by atoms with Gasteiger partial charge in [0.1, 0.15) is 11.6 Å². The maximum Gasteiger partial charge on any atom is 0.516 e. The van der Waals surface area contributed by atoms with Gasteiger partial charge >= 0.3 is 12.1 Å². The zero-order valence-corrected chi connectivity index (χ0v) is 12.4. The number of likely N-dealkylation sites (N-methyl/N-ethyl adjacent to an activating group) is 1. The molecular formula is C12H24N4O4. The molecule has 0 heterocycles. The van der Waals surface area contributed by atoms with Crippen molar-refractivity contribution in [2.75, 3.05) is 13.6 Å². The Labute approximate surface area is 118 Å². The Morgan fingerprint density at radius 3 is 2.40 bits per heavy atom. The smallest absolute Gasteiger partial charge is 0.428 e. The van der Waals surface area contributed by atoms with E-state index >= 15 is 0 Å². The molecule has 0 saturated heterocycles. The summed E-state index contributed by atoms with van der Waals surface area (Å²) in [5, 5.41) is 12.4. The van der Waals surface area contributed by atoms with Gasteiger partial charge in [0.05, 0.1) is 0 Å². The molecule has 8 heteroatoms. The second-order valence-corrected chi connectivity index (χ2v) is 5.21. The molecule has 0 aromatic carbocycles. The van der Waals surface area contributed by atoms with E-state index in [1.54, 1.807) is 27.8 Å². The topological polar surface area (TPSA) is 127 Å². The molecule has 0 aromatic rings. The van der Waals surface area contributed by atoms with Crippen LogP contribution in [0, 0.1) is 5.41 Å². The van der Waals surface area contributed by atoms with Crippen LogP contribution in [0.2, 0.25) is 0 Å². The SMILES string of the molecule is CN[C@@H](CCCNC(=N)N)C(=O)OC(=O)OC(C)(C)C. The minimum Gasteiger partial charge on any atom is -0.428 e. The molecule has 0 radical (unpaired) electrons. The van der Waals surface area contributed by atoms with Crippen molar-refractivity contribution in [3.05, 3.63) is 0 Å². The molecule has 8 nitrogen and oxygen atoms in total. The molecule has 0 amide bonds. The van der Waals surface area contributed by atoms with Gasteiger partial charge in [-0.3, -0.25) is 5.41 Å². The molecule has 0 aliphatic carbocycles. The lowest BCUT2D eigenvalue weighted by Gasteiger charge is -2.19. The van der Waals surface area contributed by atoms with Gasteiger partial charge < -0.3 is 25.8 Å². The van der Waals surface area contributed by atoms with Crippen molar-refractivity contribution < 1.29 is 19.1 Å². The first kappa shape index (κ1) is 18.2. The number of hydrogen-bond donors (Lipinski definition) is 4. The van der Waals surface area contributed by atoms with E-state index in [-0.39, 0.29) is 5.96 Å². The van der Waals surface area contributed by atoms with Crippen LogP contribution in [0.15, 0.2) is 0 Å². The van der Waals surface area contributed by atoms with E-state index in [1.165, 1.54) is 0 Å². The van der Waals surface area contributed by atoms with Crippen molar-refractivity contribution in [1.29, 1.82) is 5.41 Å². The molecule has 0 bridgehead atoms. The Kier molecular flexibility index (Phi) is 7.60. The van der Waals surface area contributed by atoms with Gasteiger partial charge in [-0.2, -0.15) is 0 Å². The molecule has 1 atom stereocenters. The average Bonchev–Trinajstić information content (AvgIpc) is 2.25. The molecule has 0 fully saturated rings. The largest absolute Gasteiger partial charge is 0.516 e. The molecule has 0 spiro atoms. The highest BCUT2D eigenvalue weighted by atomic mass is 16.7. The lowest BCUT2D eigenvalue weighted by Crippen LogP contribution is -2.39. The third-order valence-electron chi connectivity index (χ3n) is 2.19. The Hall–Kier alpha value is -1.83. The fourth-order valence-electron chi connectivity index (χ4n) is 1.33. The predicted octanol–water partition coefficient (Wildman–Crippen LogP) is 0.316. The molecule has 5 N–H and O–H groups in total. The van der Waals surface area contributed by atoms with Gasteiger partial charge in [0.2, 0.25) is 0 Å². The molecule has 116 valence electrons. The van der Waals surface area contributed by atoms with Gasteiger partial charge in [-0.15, -0.1) is 0 Å². The number of nitrogens with one attached hydrogen (secondary N) is 3. The Morgan fingerprint density at radius 2 is 1.95 bits per heavy atom. The van der Waals surface area contributed by atoms with Crippen molar-refractivity contribution in [3.8, 4) is 0 Å². The van der Waals surface area contributed by atoms with Crippen molar-refractivity contribution in [2.24, 2.45) is 5.73 Å². The molecule has 0 rings (SSSR count). The van der Waals surface area contributed by atoms with E-state index in [0.29, 0.717) is 19.4 Å². The van der Waals surface area contributed by atoms with Crippen LogP contribution in [-0.4, -0.2) is 43.3 Å². The molecular weight excluding hydrogens is 264 g/mol. The minimum atomic E-state index is -1.01. The standard InChI is InChI=1S/C12H24N4O4/c1-12(2,3)20-11(18)19-9(17)8(15-4)6-5-7-16-10(13)14/h8,15H,5-7H2,1-4H3,(H4,13,14,16)/t8-/m0/s1. The van der Waals surface area contributed by atoms with Crippen LogP contribution in [0.3, 0.4) is 0 Å². The third kappa shape index (κ3) is 9.15. The molecule has 0 saturated carbocycles. The predicted molar refractivity (Wildman–Crippen MR) is 74.3 cm³/mol. The molecule has 0 aromatic heterocycles. The second kappa shape index (κ2) is 8.36. The maximum atomic E-state index is 11.7. The van der Waals surface area contributed by atoms with Crippen molar-refractivity contribution in [3.63, 3.8) is 0 Å². The van der Waals surface area contributed by atoms with Crippen LogP contribution in [0.1, 0.15) is 33.6 Å². The van der Waals surface area contributed by atoms with Crippen LogP contribution < -0.4 is 16.4 Å². The van der Waals surface area contributed by atoms with Gasteiger partial charge in [0.15, 0.2) is 5.96 Å². The zero-order chi connectivity index (χ0) is 15.8. The summed E-state index contributed by atoms with van der Waals surface area (Å²) in [6.45, 7) is 5.51. The number of rotatable bonds is 6. The van der Waals surface area contributed by atoms with Gasteiger partial charge in [-0.1, -0.05) is 0 Å². The first-order valence-electron chi connectivity index (χ1n) is 6.35. The van der Waals surface area contributed by atoms with Crippen LogP contribution in [0.25, 0.3) is 0 Å². The Morgan fingerprint density at radius 1 is 1.35 bits per heavy atom. The number of carbonyl (C=O) groups is 2. The van der Waals surface area contributed by atoms with E-state index in [2.05, 4.69) is 15.4 Å². The van der Waals surface area contributed by atoms with E-state index < -0.39 is 23.8 Å². The number of hydrogen-bond acceptors (Lipinski definition) is 6. The van der Waals surface area contributed by atoms with Crippen molar-refractivity contribution >= 4 is 18.1 Å². The lowest BCUT2D eigenvalue weighted by molar-refractivity contribution is -0.143. The molecule has 0 aliphatic heterocycles. The second-order valence-electron chi connectivity index (χ2n) is 5.21. The summed E-state index contributed by atoms with van der Waals surface area (Å²) in [6, 6.07) is -0.615. The van der Waals surface area contributed by atoms with E-state index in [4.69, 9.17) is 15.9 Å². The minimum absolute atomic E-state index is 0.123. The summed E-state index contributed by atoms with van der Waals surface area (Å²) in [4.78, 5) is 23.1. The van der Waals surface area contributed by atoms with Crippen molar-refractivity contribution in [1.82, 2.24) is 10.6 Å². The number of esters is 1. The molecule has 0 aliphatic rings. The zero-order valence-electron chi connectivity index (χ0n) is 12.4. The highest BCUT2D eigenvalue weighted by Gasteiger charge is 2.24. The van der Waals surface area contributed by atoms with Crippen LogP contribution >= 0.6 is 0 Å². The number of ether oxygens (including phenoxy) is 2. The van der Waals surface area contributed by atoms with E-state index in [0.717, 1.165) is 0 Å². The summed E-state index contributed by atoms with van der Waals surface area (Å²) in [5.41, 5.74) is 4.42. The average molecular weight is 288 g/mol. The van der Waals surface area contributed by atoms with Gasteiger partial charge in [-0.05, 0) is 40.7 Å². The summed E-state index contributed by atoms with van der Waals surface area (Å²) >= 11 is 0. The van der Waals surface area contributed by atoms with Crippen LogP contribution in [-0.2, 0) is 14.3 Å². The summed E-state index contributed by atoms with van der Waals surface area (Å²) in [5.74, 6) is -0.813. The first-order valence-corrected chi connectivity index (χ1v) is 6.35. The third-order valence-corrected chi connectivity index (χ3v) is 2.19. The summed E-state index contributed by atoms with van der Waals surface area (Å²) in [7, 11) is 1.60. The van der Waals surface area contributed by atoms with E-state index in [1.807, 2.05) is 0 Å². The molecule has 0 unspecified atom stereocenters. The fourth-order valence-corrected chi connectivity index (χ4v) is 1.33. The maximum absolute atomic E-state index is 11.7. The number of guanidine groups is 1. The van der Waals surface area contributed by atoms with E-state index in [9.17, 15) is 9.59 Å². The highest BCUT2D eigenvalue weighted by Crippen LogP contribution is 2.09. The van der Waals surface area contributed by atoms with Crippen LogP contribution in [0.4, 0.5) is 4.79 Å². The quantitative estimate of drug-likeness (QED) is 0.182. The lowest BCUT2D eigenvalue weighted by atomic mass is 10.1. The Balaban J connectivity index is 4.14. The highest BCUT2D eigenvalue weighted by molar-refractivity contribution is 5.85. The first-order chi connectivity index (χ1) is 9.15. The normalized spacial score (nSPS) is 12.4. The Bertz CT molecular complexity index is 352. The number of nitrogens with two attached hydrogens (primary N) is 1. The van der Waals surface area contributed by atoms with Gasteiger partial charge in [-0.25, -0.2) is 9.59 Å². The van der Waals surface area contributed by atoms with Gasteiger partial charge in [0, 0.05) is 6.54 Å². The monoisotopic (exact) mass is 288 g/mol. The van der Waals surface area contributed by atoms with Crippen LogP contribution in [0.5, 0.6) is 0 Å².